The lowest BCUT2D eigenvalue weighted by atomic mass is 10.2. The summed E-state index contributed by atoms with van der Waals surface area (Å²) in [6.07, 6.45) is 1.87. The number of nitrogens with zero attached hydrogens (tertiary/aromatic N) is 4. The minimum absolute atomic E-state index is 0.0383. The highest BCUT2D eigenvalue weighted by molar-refractivity contribution is 7.11. The quantitative estimate of drug-likeness (QED) is 0.686. The third kappa shape index (κ3) is 2.31. The van der Waals surface area contributed by atoms with E-state index in [0.717, 1.165) is 16.3 Å². The standard InChI is InChI=1S/C15H13ClN4S/c1-9-8-18-15(21-9)10(2)20-12-5-3-4-11(7-17)14(12)19-13(20)6-16/h3-5,8,10H,6H2,1-2H3. The van der Waals surface area contributed by atoms with Crippen molar-refractivity contribution in [2.24, 2.45) is 0 Å². The number of rotatable bonds is 3. The summed E-state index contributed by atoms with van der Waals surface area (Å²) in [7, 11) is 0. The van der Waals surface area contributed by atoms with Gasteiger partial charge in [-0.1, -0.05) is 6.07 Å². The summed E-state index contributed by atoms with van der Waals surface area (Å²) in [4.78, 5) is 10.2. The Morgan fingerprint density at radius 2 is 2.29 bits per heavy atom. The Morgan fingerprint density at radius 1 is 1.48 bits per heavy atom. The van der Waals surface area contributed by atoms with Gasteiger partial charge in [-0.3, -0.25) is 0 Å². The van der Waals surface area contributed by atoms with Crippen LogP contribution in [0.2, 0.25) is 0 Å². The fraction of sp³-hybridized carbons (Fsp3) is 0.267. The lowest BCUT2D eigenvalue weighted by molar-refractivity contribution is 0.630. The maximum Gasteiger partial charge on any atom is 0.125 e. The molecule has 0 saturated heterocycles. The van der Waals surface area contributed by atoms with Crippen LogP contribution in [0.3, 0.4) is 0 Å². The molecule has 21 heavy (non-hydrogen) atoms. The number of nitriles is 1. The first-order valence-corrected chi connectivity index (χ1v) is 7.89. The van der Waals surface area contributed by atoms with Crippen LogP contribution in [0, 0.1) is 18.3 Å². The van der Waals surface area contributed by atoms with E-state index in [1.807, 2.05) is 25.3 Å². The summed E-state index contributed by atoms with van der Waals surface area (Å²) in [6, 6.07) is 7.84. The van der Waals surface area contributed by atoms with Gasteiger partial charge in [0.05, 0.1) is 23.0 Å². The first-order chi connectivity index (χ1) is 10.2. The number of aryl methyl sites for hydroxylation is 1. The van der Waals surface area contributed by atoms with Gasteiger partial charge in [0.1, 0.15) is 22.4 Å². The summed E-state index contributed by atoms with van der Waals surface area (Å²) in [6.45, 7) is 4.12. The molecule has 0 radical (unpaired) electrons. The highest BCUT2D eigenvalue weighted by Crippen LogP contribution is 2.30. The number of halogens is 1. The third-order valence-corrected chi connectivity index (χ3v) is 4.74. The molecule has 1 unspecified atom stereocenters. The van der Waals surface area contributed by atoms with Crippen molar-refractivity contribution < 1.29 is 0 Å². The van der Waals surface area contributed by atoms with Gasteiger partial charge in [0.2, 0.25) is 0 Å². The van der Waals surface area contributed by atoms with Crippen LogP contribution in [-0.4, -0.2) is 14.5 Å². The Hall–Kier alpha value is -1.90. The lowest BCUT2D eigenvalue weighted by Gasteiger charge is -2.14. The molecule has 3 aromatic rings. The molecule has 4 nitrogen and oxygen atoms in total. The van der Waals surface area contributed by atoms with Crippen LogP contribution >= 0.6 is 22.9 Å². The van der Waals surface area contributed by atoms with E-state index in [4.69, 9.17) is 11.6 Å². The van der Waals surface area contributed by atoms with E-state index < -0.39 is 0 Å². The summed E-state index contributed by atoms with van der Waals surface area (Å²) in [5.41, 5.74) is 2.20. The molecule has 6 heteroatoms. The van der Waals surface area contributed by atoms with Gasteiger partial charge in [-0.25, -0.2) is 9.97 Å². The van der Waals surface area contributed by atoms with E-state index in [0.29, 0.717) is 17.0 Å². The molecule has 0 fully saturated rings. The number of para-hydroxylation sites is 1. The van der Waals surface area contributed by atoms with E-state index in [1.165, 1.54) is 4.88 Å². The number of alkyl halides is 1. The van der Waals surface area contributed by atoms with Gasteiger partial charge in [-0.05, 0) is 26.0 Å². The molecule has 0 amide bonds. The fourth-order valence-electron chi connectivity index (χ4n) is 2.46. The zero-order valence-electron chi connectivity index (χ0n) is 11.7. The van der Waals surface area contributed by atoms with E-state index in [-0.39, 0.29) is 6.04 Å². The normalized spacial score (nSPS) is 12.5. The van der Waals surface area contributed by atoms with Crippen molar-refractivity contribution in [3.63, 3.8) is 0 Å². The number of imidazole rings is 1. The average molecular weight is 317 g/mol. The predicted molar refractivity (Wildman–Crippen MR) is 84.7 cm³/mol. The molecule has 1 atom stereocenters. The largest absolute Gasteiger partial charge is 0.317 e. The van der Waals surface area contributed by atoms with Gasteiger partial charge in [0.25, 0.3) is 0 Å². The predicted octanol–water partition coefficient (Wildman–Crippen LogP) is 4.02. The Labute approximate surface area is 131 Å². The van der Waals surface area contributed by atoms with Crippen LogP contribution in [0.4, 0.5) is 0 Å². The van der Waals surface area contributed by atoms with Crippen LogP contribution in [0.15, 0.2) is 24.4 Å². The molecule has 0 aliphatic heterocycles. The van der Waals surface area contributed by atoms with E-state index >= 15 is 0 Å². The van der Waals surface area contributed by atoms with Crippen molar-refractivity contribution in [3.8, 4) is 6.07 Å². The average Bonchev–Trinajstić information content (AvgIpc) is 3.09. The SMILES string of the molecule is Cc1cnc(C(C)n2c(CCl)nc3c(C#N)cccc32)s1. The van der Waals surface area contributed by atoms with Gasteiger partial charge < -0.3 is 4.57 Å². The number of thiazole rings is 1. The van der Waals surface area contributed by atoms with Crippen molar-refractivity contribution in [2.75, 3.05) is 0 Å². The molecule has 0 N–H and O–H groups in total. The Bertz CT molecular complexity index is 843. The molecular weight excluding hydrogens is 304 g/mol. The zero-order valence-corrected chi connectivity index (χ0v) is 13.2. The molecular formula is C15H13ClN4S. The van der Waals surface area contributed by atoms with Gasteiger partial charge >= 0.3 is 0 Å². The molecule has 0 bridgehead atoms. The minimum Gasteiger partial charge on any atom is -0.317 e. The Kier molecular flexibility index (Phi) is 3.66. The maximum atomic E-state index is 9.22. The molecule has 0 aliphatic carbocycles. The highest BCUT2D eigenvalue weighted by atomic mass is 35.5. The van der Waals surface area contributed by atoms with Gasteiger partial charge in [-0.2, -0.15) is 5.26 Å². The Morgan fingerprint density at radius 3 is 2.90 bits per heavy atom. The van der Waals surface area contributed by atoms with E-state index in [1.54, 1.807) is 17.4 Å². The van der Waals surface area contributed by atoms with E-state index in [2.05, 4.69) is 27.5 Å². The summed E-state index contributed by atoms with van der Waals surface area (Å²) < 4.78 is 2.07. The second-order valence-corrected chi connectivity index (χ2v) is 6.34. The van der Waals surface area contributed by atoms with Crippen LogP contribution in [0.5, 0.6) is 0 Å². The van der Waals surface area contributed by atoms with Crippen molar-refractivity contribution >= 4 is 34.0 Å². The van der Waals surface area contributed by atoms with Crippen molar-refractivity contribution in [3.05, 3.63) is 45.7 Å². The van der Waals surface area contributed by atoms with Crippen LogP contribution in [-0.2, 0) is 5.88 Å². The second kappa shape index (κ2) is 5.47. The molecule has 2 heterocycles. The number of hydrogen-bond donors (Lipinski definition) is 0. The fourth-order valence-corrected chi connectivity index (χ4v) is 3.46. The first kappa shape index (κ1) is 14.1. The number of benzene rings is 1. The topological polar surface area (TPSA) is 54.5 Å². The summed E-state index contributed by atoms with van der Waals surface area (Å²) in [5.74, 6) is 1.06. The molecule has 0 saturated carbocycles. The monoisotopic (exact) mass is 316 g/mol. The molecule has 2 aromatic heterocycles. The summed E-state index contributed by atoms with van der Waals surface area (Å²) >= 11 is 7.72. The third-order valence-electron chi connectivity index (χ3n) is 3.42. The molecule has 3 rings (SSSR count). The van der Waals surface area contributed by atoms with Crippen molar-refractivity contribution in [2.45, 2.75) is 25.8 Å². The maximum absolute atomic E-state index is 9.22. The van der Waals surface area contributed by atoms with Crippen molar-refractivity contribution in [1.82, 2.24) is 14.5 Å². The molecule has 0 spiro atoms. The van der Waals surface area contributed by atoms with Gasteiger partial charge in [-0.15, -0.1) is 22.9 Å². The van der Waals surface area contributed by atoms with Crippen molar-refractivity contribution in [1.29, 1.82) is 5.26 Å². The second-order valence-electron chi connectivity index (χ2n) is 4.80. The van der Waals surface area contributed by atoms with E-state index in [9.17, 15) is 5.26 Å². The van der Waals surface area contributed by atoms with Crippen LogP contribution in [0.25, 0.3) is 11.0 Å². The molecule has 0 aliphatic rings. The molecule has 1 aromatic carbocycles. The first-order valence-electron chi connectivity index (χ1n) is 6.54. The summed E-state index contributed by atoms with van der Waals surface area (Å²) in [5, 5.41) is 10.2. The number of hydrogen-bond acceptors (Lipinski definition) is 4. The smallest absolute Gasteiger partial charge is 0.125 e. The highest BCUT2D eigenvalue weighted by Gasteiger charge is 2.20. The number of aromatic nitrogens is 3. The zero-order chi connectivity index (χ0) is 15.0. The number of fused-ring (bicyclic) bond motifs is 1. The minimum atomic E-state index is 0.0383. The Balaban J connectivity index is 2.24. The van der Waals surface area contributed by atoms with Gasteiger partial charge in [0, 0.05) is 11.1 Å². The van der Waals surface area contributed by atoms with Crippen LogP contribution in [0.1, 0.15) is 34.2 Å². The van der Waals surface area contributed by atoms with Gasteiger partial charge in [0.15, 0.2) is 0 Å². The van der Waals surface area contributed by atoms with Crippen LogP contribution < -0.4 is 0 Å². The molecule has 106 valence electrons. The lowest BCUT2D eigenvalue weighted by Crippen LogP contribution is -2.09.